The first-order chi connectivity index (χ1) is 5.65. The average molecular weight is 167 g/mol. The van der Waals surface area contributed by atoms with Crippen LogP contribution in [0.15, 0.2) is 0 Å². The molecule has 1 heterocycles. The number of nitriles is 1. The highest BCUT2D eigenvalue weighted by atomic mass is 15.2. The predicted molar refractivity (Wildman–Crippen MR) is 48.3 cm³/mol. The number of rotatable bonds is 1. The molecule has 0 aromatic heterocycles. The Kier molecular flexibility index (Phi) is 3.07. The lowest BCUT2D eigenvalue weighted by Crippen LogP contribution is -2.59. The molecule has 3 nitrogen and oxygen atoms in total. The van der Waals surface area contributed by atoms with Crippen molar-refractivity contribution < 1.29 is 0 Å². The van der Waals surface area contributed by atoms with Gasteiger partial charge in [0.25, 0.3) is 0 Å². The minimum atomic E-state index is 0.111. The smallest absolute Gasteiger partial charge is 0.0739 e. The number of hydrogen-bond donors (Lipinski definition) is 2. The quantitative estimate of drug-likeness (QED) is 0.604. The fraction of sp³-hybridized carbons (Fsp3) is 0.889. The summed E-state index contributed by atoms with van der Waals surface area (Å²) < 4.78 is 0. The third kappa shape index (κ3) is 1.96. The van der Waals surface area contributed by atoms with Crippen molar-refractivity contribution in [2.45, 2.75) is 33.0 Å². The van der Waals surface area contributed by atoms with Crippen LogP contribution in [0.1, 0.15) is 20.8 Å². The van der Waals surface area contributed by atoms with E-state index < -0.39 is 0 Å². The number of nitrogens with one attached hydrogen (secondary N) is 2. The molecule has 0 bridgehead atoms. The van der Waals surface area contributed by atoms with E-state index in [2.05, 4.69) is 37.5 Å². The van der Waals surface area contributed by atoms with E-state index in [9.17, 15) is 0 Å². The zero-order valence-corrected chi connectivity index (χ0v) is 7.96. The maximum Gasteiger partial charge on any atom is 0.0739 e. The summed E-state index contributed by atoms with van der Waals surface area (Å²) in [6.45, 7) is 7.23. The molecular formula is C9H17N3. The molecule has 0 aromatic carbocycles. The second kappa shape index (κ2) is 3.88. The molecule has 1 aliphatic heterocycles. The van der Waals surface area contributed by atoms with Gasteiger partial charge in [-0.3, -0.25) is 5.32 Å². The summed E-state index contributed by atoms with van der Waals surface area (Å²) >= 11 is 0. The van der Waals surface area contributed by atoms with Crippen molar-refractivity contribution in [3.8, 4) is 6.07 Å². The second-order valence-electron chi connectivity index (χ2n) is 3.82. The predicted octanol–water partition coefficient (Wildman–Crippen LogP) is 0.690. The molecule has 2 N–H and O–H groups in total. The molecule has 0 aliphatic carbocycles. The standard InChI is InChI=1S/C9H17N3/c1-6(2)9-11-5-8(4-10)7(3)12-9/h6-9,11-12H,5H2,1-3H3. The molecule has 1 aliphatic rings. The third-order valence-corrected chi connectivity index (χ3v) is 2.44. The van der Waals surface area contributed by atoms with Gasteiger partial charge >= 0.3 is 0 Å². The molecule has 0 aromatic rings. The van der Waals surface area contributed by atoms with Crippen molar-refractivity contribution in [1.29, 1.82) is 5.26 Å². The van der Waals surface area contributed by atoms with Crippen LogP contribution in [0.2, 0.25) is 0 Å². The first kappa shape index (κ1) is 9.50. The van der Waals surface area contributed by atoms with E-state index in [0.717, 1.165) is 6.54 Å². The lowest BCUT2D eigenvalue weighted by Gasteiger charge is -2.35. The highest BCUT2D eigenvalue weighted by Crippen LogP contribution is 2.10. The molecule has 3 atom stereocenters. The van der Waals surface area contributed by atoms with E-state index >= 15 is 0 Å². The molecule has 1 fully saturated rings. The van der Waals surface area contributed by atoms with Gasteiger partial charge in [0.1, 0.15) is 0 Å². The van der Waals surface area contributed by atoms with Gasteiger partial charge in [0.05, 0.1) is 18.2 Å². The van der Waals surface area contributed by atoms with Crippen molar-refractivity contribution in [2.75, 3.05) is 6.54 Å². The molecule has 0 saturated carbocycles. The minimum absolute atomic E-state index is 0.111. The molecule has 0 spiro atoms. The highest BCUT2D eigenvalue weighted by Gasteiger charge is 2.27. The SMILES string of the molecule is CC(C)C1NCC(C#N)C(C)N1. The fourth-order valence-electron chi connectivity index (χ4n) is 1.47. The molecule has 3 unspecified atom stereocenters. The van der Waals surface area contributed by atoms with Crippen molar-refractivity contribution in [1.82, 2.24) is 10.6 Å². The monoisotopic (exact) mass is 167 g/mol. The number of nitrogens with zero attached hydrogens (tertiary/aromatic N) is 1. The van der Waals surface area contributed by atoms with Gasteiger partial charge in [-0.15, -0.1) is 0 Å². The topological polar surface area (TPSA) is 47.9 Å². The maximum absolute atomic E-state index is 8.76. The van der Waals surface area contributed by atoms with Gasteiger partial charge in [0, 0.05) is 12.6 Å². The Hall–Kier alpha value is -0.590. The minimum Gasteiger partial charge on any atom is -0.300 e. The van der Waals surface area contributed by atoms with E-state index in [1.165, 1.54) is 0 Å². The Labute approximate surface area is 74.1 Å². The Morgan fingerprint density at radius 2 is 2.17 bits per heavy atom. The lowest BCUT2D eigenvalue weighted by molar-refractivity contribution is 0.224. The van der Waals surface area contributed by atoms with E-state index in [1.54, 1.807) is 0 Å². The van der Waals surface area contributed by atoms with Crippen LogP contribution in [-0.4, -0.2) is 18.8 Å². The van der Waals surface area contributed by atoms with Crippen LogP contribution in [0.25, 0.3) is 0 Å². The van der Waals surface area contributed by atoms with Crippen LogP contribution < -0.4 is 10.6 Å². The van der Waals surface area contributed by atoms with Crippen LogP contribution in [0.4, 0.5) is 0 Å². The van der Waals surface area contributed by atoms with Crippen LogP contribution >= 0.6 is 0 Å². The van der Waals surface area contributed by atoms with Crippen LogP contribution in [0.3, 0.4) is 0 Å². The van der Waals surface area contributed by atoms with Crippen molar-refractivity contribution in [2.24, 2.45) is 11.8 Å². The Morgan fingerprint density at radius 3 is 2.58 bits per heavy atom. The van der Waals surface area contributed by atoms with E-state index in [-0.39, 0.29) is 5.92 Å². The van der Waals surface area contributed by atoms with Gasteiger partial charge in [-0.25, -0.2) is 0 Å². The Bertz CT molecular complexity index is 183. The molecule has 12 heavy (non-hydrogen) atoms. The first-order valence-electron chi connectivity index (χ1n) is 4.54. The summed E-state index contributed by atoms with van der Waals surface area (Å²) in [6, 6.07) is 2.60. The van der Waals surface area contributed by atoms with Crippen molar-refractivity contribution >= 4 is 0 Å². The summed E-state index contributed by atoms with van der Waals surface area (Å²) in [7, 11) is 0. The zero-order valence-electron chi connectivity index (χ0n) is 7.96. The zero-order chi connectivity index (χ0) is 9.14. The van der Waals surface area contributed by atoms with Gasteiger partial charge in [-0.2, -0.15) is 5.26 Å². The number of hydrogen-bond acceptors (Lipinski definition) is 3. The molecular weight excluding hydrogens is 150 g/mol. The molecule has 1 saturated heterocycles. The molecule has 1 rings (SSSR count). The van der Waals surface area contributed by atoms with Gasteiger partial charge < -0.3 is 5.32 Å². The Balaban J connectivity index is 2.47. The van der Waals surface area contributed by atoms with E-state index in [0.29, 0.717) is 18.1 Å². The summed E-state index contributed by atoms with van der Waals surface area (Å²) in [5.41, 5.74) is 0. The van der Waals surface area contributed by atoms with Crippen LogP contribution in [0.5, 0.6) is 0 Å². The van der Waals surface area contributed by atoms with Gasteiger partial charge in [-0.05, 0) is 12.8 Å². The summed E-state index contributed by atoms with van der Waals surface area (Å²) in [6.07, 6.45) is 0.365. The first-order valence-corrected chi connectivity index (χ1v) is 4.54. The summed E-state index contributed by atoms with van der Waals surface area (Å²) in [4.78, 5) is 0. The second-order valence-corrected chi connectivity index (χ2v) is 3.82. The average Bonchev–Trinajstić information content (AvgIpc) is 2.04. The molecule has 3 heteroatoms. The molecule has 0 amide bonds. The van der Waals surface area contributed by atoms with Crippen molar-refractivity contribution in [3.63, 3.8) is 0 Å². The summed E-state index contributed by atoms with van der Waals surface area (Å²) in [5, 5.41) is 15.5. The lowest BCUT2D eigenvalue weighted by atomic mass is 9.97. The normalized spacial score (nSPS) is 36.4. The summed E-state index contributed by atoms with van der Waals surface area (Å²) in [5.74, 6) is 0.687. The third-order valence-electron chi connectivity index (χ3n) is 2.44. The van der Waals surface area contributed by atoms with Crippen LogP contribution in [0, 0.1) is 23.2 Å². The van der Waals surface area contributed by atoms with Gasteiger partial charge in [0.15, 0.2) is 0 Å². The molecule has 68 valence electrons. The van der Waals surface area contributed by atoms with E-state index in [1.807, 2.05) is 0 Å². The van der Waals surface area contributed by atoms with Crippen molar-refractivity contribution in [3.05, 3.63) is 0 Å². The molecule has 0 radical (unpaired) electrons. The maximum atomic E-state index is 8.76. The van der Waals surface area contributed by atoms with E-state index in [4.69, 9.17) is 5.26 Å². The Morgan fingerprint density at radius 1 is 1.50 bits per heavy atom. The fourth-order valence-corrected chi connectivity index (χ4v) is 1.47. The highest BCUT2D eigenvalue weighted by molar-refractivity contribution is 4.96. The largest absolute Gasteiger partial charge is 0.300 e. The van der Waals surface area contributed by atoms with Gasteiger partial charge in [-0.1, -0.05) is 13.8 Å². The van der Waals surface area contributed by atoms with Crippen LogP contribution in [-0.2, 0) is 0 Å². The van der Waals surface area contributed by atoms with Gasteiger partial charge in [0.2, 0.25) is 0 Å².